The molecule has 0 amide bonds. The Kier molecular flexibility index (Phi) is 5.36. The van der Waals surface area contributed by atoms with Crippen LogP contribution in [0.25, 0.3) is 0 Å². The van der Waals surface area contributed by atoms with Crippen LogP contribution in [0.15, 0.2) is 23.1 Å². The molecule has 2 N–H and O–H groups in total. The molecule has 0 radical (unpaired) electrons. The third-order valence-electron chi connectivity index (χ3n) is 2.76. The number of carbonyl (C=O) groups is 1. The predicted molar refractivity (Wildman–Crippen MR) is 79.0 cm³/mol. The van der Waals surface area contributed by atoms with E-state index in [1.54, 1.807) is 13.0 Å². The minimum Gasteiger partial charge on any atom is -0.494 e. The first kappa shape index (κ1) is 17.5. The molecule has 1 aromatic carbocycles. The van der Waals surface area contributed by atoms with Gasteiger partial charge in [0.05, 0.1) is 17.9 Å². The van der Waals surface area contributed by atoms with Crippen LogP contribution in [0.1, 0.15) is 32.8 Å². The fraction of sp³-hybridized carbons (Fsp3) is 0.500. The molecule has 0 aliphatic carbocycles. The van der Waals surface area contributed by atoms with Crippen molar-refractivity contribution in [2.24, 2.45) is 0 Å². The summed E-state index contributed by atoms with van der Waals surface area (Å²) in [5.41, 5.74) is -0.368. The second-order valence-electron chi connectivity index (χ2n) is 5.42. The minimum atomic E-state index is -3.79. The van der Waals surface area contributed by atoms with Gasteiger partial charge in [-0.2, -0.15) is 0 Å². The van der Waals surface area contributed by atoms with Crippen LogP contribution in [0.3, 0.4) is 0 Å². The first-order chi connectivity index (χ1) is 9.57. The molecule has 1 aromatic rings. The Bertz CT molecular complexity index is 622. The summed E-state index contributed by atoms with van der Waals surface area (Å²) in [6.07, 6.45) is -0.303. The number of rotatable bonds is 7. The van der Waals surface area contributed by atoms with E-state index < -0.39 is 21.5 Å². The standard InChI is InChI=1S/C14H21NO5S/c1-5-20-12-7-6-11(8-10(12)2)21(18,19)15-14(3,4)9-13(16)17/h6-8,15H,5,9H2,1-4H3,(H,16,17). The Hall–Kier alpha value is -1.60. The van der Waals surface area contributed by atoms with Crippen molar-refractivity contribution in [2.75, 3.05) is 6.61 Å². The lowest BCUT2D eigenvalue weighted by Gasteiger charge is -2.24. The zero-order valence-electron chi connectivity index (χ0n) is 12.6. The third-order valence-corrected chi connectivity index (χ3v) is 4.46. The van der Waals surface area contributed by atoms with Gasteiger partial charge in [0, 0.05) is 5.54 Å². The molecule has 21 heavy (non-hydrogen) atoms. The van der Waals surface area contributed by atoms with E-state index in [1.165, 1.54) is 26.0 Å². The van der Waals surface area contributed by atoms with Crippen LogP contribution in [0.4, 0.5) is 0 Å². The van der Waals surface area contributed by atoms with Crippen LogP contribution >= 0.6 is 0 Å². The van der Waals surface area contributed by atoms with E-state index in [-0.39, 0.29) is 11.3 Å². The van der Waals surface area contributed by atoms with Crippen molar-refractivity contribution in [3.05, 3.63) is 23.8 Å². The number of hydrogen-bond acceptors (Lipinski definition) is 4. The SMILES string of the molecule is CCOc1ccc(S(=O)(=O)NC(C)(C)CC(=O)O)cc1C. The highest BCUT2D eigenvalue weighted by Gasteiger charge is 2.28. The summed E-state index contributed by atoms with van der Waals surface area (Å²) in [5.74, 6) is -0.438. The lowest BCUT2D eigenvalue weighted by atomic mass is 10.0. The molecule has 118 valence electrons. The van der Waals surface area contributed by atoms with Gasteiger partial charge < -0.3 is 9.84 Å². The molecular formula is C14H21NO5S. The van der Waals surface area contributed by atoms with E-state index in [4.69, 9.17) is 9.84 Å². The van der Waals surface area contributed by atoms with Gasteiger partial charge in [0.1, 0.15) is 5.75 Å². The average molecular weight is 315 g/mol. The van der Waals surface area contributed by atoms with Gasteiger partial charge in [0.2, 0.25) is 10.0 Å². The maximum Gasteiger partial charge on any atom is 0.305 e. The summed E-state index contributed by atoms with van der Waals surface area (Å²) in [4.78, 5) is 10.8. The van der Waals surface area contributed by atoms with E-state index >= 15 is 0 Å². The highest BCUT2D eigenvalue weighted by molar-refractivity contribution is 7.89. The quantitative estimate of drug-likeness (QED) is 0.802. The summed E-state index contributed by atoms with van der Waals surface area (Å²) in [5, 5.41) is 8.80. The zero-order valence-corrected chi connectivity index (χ0v) is 13.5. The molecule has 0 fully saturated rings. The Balaban J connectivity index is 3.03. The monoisotopic (exact) mass is 315 g/mol. The lowest BCUT2D eigenvalue weighted by molar-refractivity contribution is -0.138. The predicted octanol–water partition coefficient (Wildman–Crippen LogP) is 1.93. The molecule has 6 nitrogen and oxygen atoms in total. The molecule has 0 atom stereocenters. The molecule has 0 heterocycles. The van der Waals surface area contributed by atoms with E-state index in [0.29, 0.717) is 17.9 Å². The van der Waals surface area contributed by atoms with E-state index in [9.17, 15) is 13.2 Å². The molecule has 0 saturated carbocycles. The van der Waals surface area contributed by atoms with Gasteiger partial charge >= 0.3 is 5.97 Å². The number of sulfonamides is 1. The number of ether oxygens (including phenoxy) is 1. The van der Waals surface area contributed by atoms with Gasteiger partial charge in [-0.25, -0.2) is 13.1 Å². The highest BCUT2D eigenvalue weighted by atomic mass is 32.2. The summed E-state index contributed by atoms with van der Waals surface area (Å²) in [6, 6.07) is 4.54. The maximum absolute atomic E-state index is 12.3. The lowest BCUT2D eigenvalue weighted by Crippen LogP contribution is -2.44. The highest BCUT2D eigenvalue weighted by Crippen LogP contribution is 2.23. The van der Waals surface area contributed by atoms with Crippen molar-refractivity contribution < 1.29 is 23.1 Å². The van der Waals surface area contributed by atoms with E-state index in [2.05, 4.69) is 4.72 Å². The van der Waals surface area contributed by atoms with Gasteiger partial charge in [-0.1, -0.05) is 0 Å². The molecule has 1 rings (SSSR count). The Morgan fingerprint density at radius 2 is 2.00 bits per heavy atom. The molecule has 0 saturated heterocycles. The summed E-state index contributed by atoms with van der Waals surface area (Å²) < 4.78 is 32.4. The van der Waals surface area contributed by atoms with Crippen molar-refractivity contribution in [2.45, 2.75) is 44.6 Å². The van der Waals surface area contributed by atoms with Crippen LogP contribution in [0.2, 0.25) is 0 Å². The third kappa shape index (κ3) is 5.02. The van der Waals surface area contributed by atoms with E-state index in [1.807, 2.05) is 6.92 Å². The Morgan fingerprint density at radius 1 is 1.38 bits per heavy atom. The molecule has 7 heteroatoms. The number of carboxylic acids is 1. The molecular weight excluding hydrogens is 294 g/mol. The second-order valence-corrected chi connectivity index (χ2v) is 7.10. The van der Waals surface area contributed by atoms with Crippen LogP contribution in [-0.2, 0) is 14.8 Å². The molecule has 0 spiro atoms. The van der Waals surface area contributed by atoms with Crippen LogP contribution < -0.4 is 9.46 Å². The first-order valence-electron chi connectivity index (χ1n) is 6.56. The first-order valence-corrected chi connectivity index (χ1v) is 8.05. The molecule has 0 aromatic heterocycles. The van der Waals surface area contributed by atoms with Crippen molar-refractivity contribution >= 4 is 16.0 Å². The van der Waals surface area contributed by atoms with E-state index in [0.717, 1.165) is 0 Å². The van der Waals surface area contributed by atoms with Crippen molar-refractivity contribution in [1.82, 2.24) is 4.72 Å². The molecule has 0 aliphatic heterocycles. The summed E-state index contributed by atoms with van der Waals surface area (Å²) in [6.45, 7) is 7.16. The zero-order chi connectivity index (χ0) is 16.3. The number of hydrogen-bond donors (Lipinski definition) is 2. The van der Waals surface area contributed by atoms with Crippen molar-refractivity contribution in [3.63, 3.8) is 0 Å². The molecule has 0 unspecified atom stereocenters. The minimum absolute atomic E-state index is 0.0851. The smallest absolute Gasteiger partial charge is 0.305 e. The number of aryl methyl sites for hydroxylation is 1. The van der Waals surface area contributed by atoms with Crippen molar-refractivity contribution in [3.8, 4) is 5.75 Å². The van der Waals surface area contributed by atoms with Gasteiger partial charge in [-0.3, -0.25) is 4.79 Å². The average Bonchev–Trinajstić information content (AvgIpc) is 2.28. The maximum atomic E-state index is 12.3. The fourth-order valence-corrected chi connectivity index (χ4v) is 3.44. The number of aliphatic carboxylic acids is 1. The Labute approximate surface area is 125 Å². The number of carboxylic acid groups (broad SMARTS) is 1. The number of benzene rings is 1. The van der Waals surface area contributed by atoms with Crippen LogP contribution in [0.5, 0.6) is 5.75 Å². The van der Waals surface area contributed by atoms with Gasteiger partial charge in [-0.15, -0.1) is 0 Å². The summed E-state index contributed by atoms with van der Waals surface area (Å²) >= 11 is 0. The largest absolute Gasteiger partial charge is 0.494 e. The fourth-order valence-electron chi connectivity index (χ4n) is 1.94. The molecule has 0 aliphatic rings. The normalized spacial score (nSPS) is 12.2. The topological polar surface area (TPSA) is 92.7 Å². The van der Waals surface area contributed by atoms with Gasteiger partial charge in [0.15, 0.2) is 0 Å². The van der Waals surface area contributed by atoms with Crippen molar-refractivity contribution in [1.29, 1.82) is 0 Å². The van der Waals surface area contributed by atoms with Gasteiger partial charge in [0.25, 0.3) is 0 Å². The molecule has 0 bridgehead atoms. The van der Waals surface area contributed by atoms with Crippen LogP contribution in [0, 0.1) is 6.92 Å². The summed E-state index contributed by atoms with van der Waals surface area (Å²) in [7, 11) is -3.79. The Morgan fingerprint density at radius 3 is 2.48 bits per heavy atom. The second kappa shape index (κ2) is 6.44. The van der Waals surface area contributed by atoms with Crippen LogP contribution in [-0.4, -0.2) is 31.6 Å². The van der Waals surface area contributed by atoms with Gasteiger partial charge in [-0.05, 0) is 51.5 Å². The number of nitrogens with one attached hydrogen (secondary N) is 1.